The van der Waals surface area contributed by atoms with Crippen LogP contribution in [0.2, 0.25) is 0 Å². The molecule has 2 aromatic heterocycles. The Morgan fingerprint density at radius 2 is 0.800 bits per heavy atom. The third kappa shape index (κ3) is 4.76. The molecule has 0 radical (unpaired) electrons. The molecule has 0 saturated carbocycles. The van der Waals surface area contributed by atoms with Gasteiger partial charge in [-0.3, -0.25) is 0 Å². The average Bonchev–Trinajstić information content (AvgIpc) is 3.74. The molecule has 2 nitrogen and oxygen atoms in total. The second-order valence-electron chi connectivity index (χ2n) is 12.6. The third-order valence-corrected chi connectivity index (χ3v) is 12.0. The van der Waals surface area contributed by atoms with Gasteiger partial charge in [0.1, 0.15) is 0 Å². The molecule has 8 aromatic carbocycles. The summed E-state index contributed by atoms with van der Waals surface area (Å²) in [6.07, 6.45) is 0. The van der Waals surface area contributed by atoms with Crippen LogP contribution >= 0.6 is 22.7 Å². The van der Waals surface area contributed by atoms with E-state index in [0.29, 0.717) is 0 Å². The van der Waals surface area contributed by atoms with Gasteiger partial charge in [-0.2, -0.15) is 0 Å². The Balaban J connectivity index is 1.18. The van der Waals surface area contributed by atoms with Crippen LogP contribution in [-0.2, 0) is 0 Å². The molecular formula is C46H30N2S2. The van der Waals surface area contributed by atoms with Crippen LogP contribution in [0.5, 0.6) is 0 Å². The van der Waals surface area contributed by atoms with Gasteiger partial charge >= 0.3 is 0 Å². The normalized spacial score (nSPS) is 11.6. The van der Waals surface area contributed by atoms with Gasteiger partial charge in [0.2, 0.25) is 0 Å². The van der Waals surface area contributed by atoms with Gasteiger partial charge in [-0.15, -0.1) is 22.7 Å². The summed E-state index contributed by atoms with van der Waals surface area (Å²) in [6, 6.07) is 66.0. The van der Waals surface area contributed by atoms with E-state index >= 15 is 0 Å². The monoisotopic (exact) mass is 674 g/mol. The van der Waals surface area contributed by atoms with Crippen molar-refractivity contribution in [2.75, 3.05) is 9.80 Å². The molecule has 4 heteroatoms. The summed E-state index contributed by atoms with van der Waals surface area (Å²) >= 11 is 3.75. The summed E-state index contributed by atoms with van der Waals surface area (Å²) in [4.78, 5) is 4.78. The largest absolute Gasteiger partial charge is 0.310 e. The topological polar surface area (TPSA) is 6.48 Å². The molecule has 2 heterocycles. The maximum Gasteiger partial charge on any atom is 0.0547 e. The number of hydrogen-bond donors (Lipinski definition) is 0. The minimum Gasteiger partial charge on any atom is -0.310 e. The zero-order valence-corrected chi connectivity index (χ0v) is 28.7. The second-order valence-corrected chi connectivity index (χ2v) is 14.7. The summed E-state index contributed by atoms with van der Waals surface area (Å²) in [5.74, 6) is 0. The van der Waals surface area contributed by atoms with E-state index in [-0.39, 0.29) is 0 Å². The Bertz CT molecular complexity index is 2780. The van der Waals surface area contributed by atoms with E-state index in [9.17, 15) is 0 Å². The van der Waals surface area contributed by atoms with Crippen LogP contribution in [0.1, 0.15) is 0 Å². The summed E-state index contributed by atoms with van der Waals surface area (Å²) in [7, 11) is 0. The van der Waals surface area contributed by atoms with E-state index in [4.69, 9.17) is 0 Å². The number of anilines is 6. The van der Waals surface area contributed by atoms with Gasteiger partial charge in [-0.05, 0) is 78.9 Å². The molecule has 0 bridgehead atoms. The number of para-hydroxylation sites is 3. The predicted molar refractivity (Wildman–Crippen MR) is 219 cm³/mol. The predicted octanol–water partition coefficient (Wildman–Crippen LogP) is 14.5. The van der Waals surface area contributed by atoms with Gasteiger partial charge in [0.15, 0.2) is 0 Å². The maximum atomic E-state index is 2.40. The molecule has 10 aromatic rings. The molecule has 0 aliphatic heterocycles. The van der Waals surface area contributed by atoms with Gasteiger partial charge in [0.25, 0.3) is 0 Å². The van der Waals surface area contributed by atoms with Crippen molar-refractivity contribution in [2.24, 2.45) is 0 Å². The van der Waals surface area contributed by atoms with Gasteiger partial charge in [-0.1, -0.05) is 103 Å². The second kappa shape index (κ2) is 11.9. The highest BCUT2D eigenvalue weighted by Gasteiger charge is 2.21. The van der Waals surface area contributed by atoms with Crippen LogP contribution in [0.15, 0.2) is 182 Å². The van der Waals surface area contributed by atoms with Crippen molar-refractivity contribution in [3.05, 3.63) is 182 Å². The van der Waals surface area contributed by atoms with Crippen molar-refractivity contribution in [2.45, 2.75) is 0 Å². The van der Waals surface area contributed by atoms with Gasteiger partial charge in [-0.25, -0.2) is 0 Å². The summed E-state index contributed by atoms with van der Waals surface area (Å²) in [5.41, 5.74) is 6.89. The van der Waals surface area contributed by atoms with Crippen molar-refractivity contribution in [1.29, 1.82) is 0 Å². The maximum absolute atomic E-state index is 2.40. The number of nitrogens with zero attached hydrogens (tertiary/aromatic N) is 2. The van der Waals surface area contributed by atoms with Crippen molar-refractivity contribution < 1.29 is 0 Å². The SMILES string of the molecule is c1ccc(N(c2ccc3c(c2)sc2c4ccccc4c(N(c4ccccc4)c4ccccc4)cc32)c2ccc3sc4ccccc4c3c2)cc1. The lowest BCUT2D eigenvalue weighted by Crippen LogP contribution is -2.10. The Morgan fingerprint density at radius 3 is 1.50 bits per heavy atom. The molecule has 0 unspecified atom stereocenters. The van der Waals surface area contributed by atoms with E-state index in [1.54, 1.807) is 0 Å². The minimum absolute atomic E-state index is 1.14. The fourth-order valence-electron chi connectivity index (χ4n) is 7.35. The van der Waals surface area contributed by atoms with Crippen LogP contribution in [0.4, 0.5) is 34.1 Å². The fraction of sp³-hybridized carbons (Fsp3) is 0. The molecule has 0 atom stereocenters. The van der Waals surface area contributed by atoms with Gasteiger partial charge < -0.3 is 9.80 Å². The molecule has 0 aliphatic carbocycles. The molecule has 0 amide bonds. The van der Waals surface area contributed by atoms with Crippen LogP contribution in [-0.4, -0.2) is 0 Å². The lowest BCUT2D eigenvalue weighted by atomic mass is 10.0. The Labute approximate surface area is 298 Å². The first-order valence-electron chi connectivity index (χ1n) is 16.8. The summed E-state index contributed by atoms with van der Waals surface area (Å²) < 4.78 is 5.22. The molecule has 10 rings (SSSR count). The molecule has 236 valence electrons. The van der Waals surface area contributed by atoms with Crippen LogP contribution < -0.4 is 9.80 Å². The number of rotatable bonds is 6. The molecular weight excluding hydrogens is 645 g/mol. The molecule has 50 heavy (non-hydrogen) atoms. The van der Waals surface area contributed by atoms with Gasteiger partial charge in [0.05, 0.1) is 5.69 Å². The lowest BCUT2D eigenvalue weighted by molar-refractivity contribution is 1.30. The fourth-order valence-corrected chi connectivity index (χ4v) is 9.69. The highest BCUT2D eigenvalue weighted by molar-refractivity contribution is 7.27. The Morgan fingerprint density at radius 1 is 0.280 bits per heavy atom. The van der Waals surface area contributed by atoms with E-state index in [0.717, 1.165) is 28.4 Å². The molecule has 0 spiro atoms. The minimum atomic E-state index is 1.14. The van der Waals surface area contributed by atoms with E-state index in [2.05, 4.69) is 192 Å². The smallest absolute Gasteiger partial charge is 0.0547 e. The Kier molecular flexibility index (Phi) is 6.90. The summed E-state index contributed by atoms with van der Waals surface area (Å²) in [5, 5.41) is 7.67. The number of thiophene rings is 2. The summed E-state index contributed by atoms with van der Waals surface area (Å²) in [6.45, 7) is 0. The van der Waals surface area contributed by atoms with Crippen molar-refractivity contribution in [3.8, 4) is 0 Å². The average molecular weight is 675 g/mol. The first-order valence-corrected chi connectivity index (χ1v) is 18.5. The number of fused-ring (bicyclic) bond motifs is 8. The first-order chi connectivity index (χ1) is 24.8. The van der Waals surface area contributed by atoms with Crippen LogP contribution in [0.25, 0.3) is 51.1 Å². The standard InChI is InChI=1S/C46H30N2S2/c1-4-14-31(15-5-1)47(34-25-27-44-40(28-34)37-21-12-13-23-43(37)49-44)35-24-26-38-41-30-42(36-20-10-11-22-39(36)46(41)50-45(38)29-35)48(32-16-6-2-7-17-32)33-18-8-3-9-19-33/h1-30H. The van der Waals surface area contributed by atoms with Crippen molar-refractivity contribution in [1.82, 2.24) is 0 Å². The quantitative estimate of drug-likeness (QED) is 0.173. The van der Waals surface area contributed by atoms with E-state index in [1.165, 1.54) is 56.8 Å². The van der Waals surface area contributed by atoms with Gasteiger partial charge in [0, 0.05) is 79.6 Å². The van der Waals surface area contributed by atoms with Crippen molar-refractivity contribution in [3.63, 3.8) is 0 Å². The van der Waals surface area contributed by atoms with Crippen LogP contribution in [0, 0.1) is 0 Å². The van der Waals surface area contributed by atoms with E-state index < -0.39 is 0 Å². The molecule has 0 saturated heterocycles. The molecule has 0 aliphatic rings. The lowest BCUT2D eigenvalue weighted by Gasteiger charge is -2.27. The first kappa shape index (κ1) is 29.0. The molecule has 0 fully saturated rings. The highest BCUT2D eigenvalue weighted by Crippen LogP contribution is 2.48. The third-order valence-electron chi connectivity index (χ3n) is 9.60. The highest BCUT2D eigenvalue weighted by atomic mass is 32.1. The van der Waals surface area contributed by atoms with Crippen LogP contribution in [0.3, 0.4) is 0 Å². The zero-order valence-electron chi connectivity index (χ0n) is 27.0. The number of hydrogen-bond acceptors (Lipinski definition) is 4. The van der Waals surface area contributed by atoms with E-state index in [1.807, 2.05) is 22.7 Å². The van der Waals surface area contributed by atoms with Crippen molar-refractivity contribution >= 4 is 108 Å². The zero-order chi connectivity index (χ0) is 33.0. The Hall–Kier alpha value is -5.94. The number of benzene rings is 8. The molecule has 0 N–H and O–H groups in total.